The Kier molecular flexibility index (Phi) is 31.7. The minimum atomic E-state index is 0. The normalized spacial score (nSPS) is 37.6. The smallest absolute Gasteiger partial charge is 0 e. The Morgan fingerprint density at radius 3 is 0.750 bits per heavy atom. The van der Waals surface area contributed by atoms with Crippen molar-refractivity contribution in [1.82, 2.24) is 0 Å². The highest BCUT2D eigenvalue weighted by Gasteiger charge is 2.34. The van der Waals surface area contributed by atoms with Gasteiger partial charge in [0.1, 0.15) is 0 Å². The van der Waals surface area contributed by atoms with Crippen LogP contribution in [-0.2, 0) is 0 Å². The topological polar surface area (TPSA) is 0 Å². The van der Waals surface area contributed by atoms with Gasteiger partial charge in [-0.15, -0.1) is 19.7 Å². The Labute approximate surface area is 465 Å². The van der Waals surface area contributed by atoms with Crippen LogP contribution in [0.1, 0.15) is 322 Å². The molecule has 0 saturated heterocycles. The summed E-state index contributed by atoms with van der Waals surface area (Å²) < 4.78 is 0. The van der Waals surface area contributed by atoms with Crippen LogP contribution in [0.15, 0.2) is 50.1 Å². The Morgan fingerprint density at radius 2 is 0.514 bits per heavy atom. The number of rotatable bonds is 19. The monoisotopic (exact) mass is 1010 g/mol. The molecule has 0 aliphatic heterocycles. The lowest BCUT2D eigenvalue weighted by Crippen LogP contribution is -2.25. The second kappa shape index (κ2) is 36.9. The fourth-order valence-electron chi connectivity index (χ4n) is 17.4. The lowest BCUT2D eigenvalue weighted by molar-refractivity contribution is 0.151. The first-order valence-corrected chi connectivity index (χ1v) is 33.8. The van der Waals surface area contributed by atoms with E-state index in [2.05, 4.69) is 84.7 Å². The molecular formula is C72H144. The van der Waals surface area contributed by atoms with Crippen LogP contribution >= 0.6 is 0 Å². The molecule has 0 amide bonds. The van der Waals surface area contributed by atoms with E-state index in [1.54, 1.807) is 25.7 Å². The summed E-state index contributed by atoms with van der Waals surface area (Å²) in [6.45, 7) is 23.4. The van der Waals surface area contributed by atoms with Crippen molar-refractivity contribution in [2.45, 2.75) is 311 Å². The van der Waals surface area contributed by atoms with E-state index >= 15 is 0 Å². The third kappa shape index (κ3) is 22.5. The predicted octanol–water partition coefficient (Wildman–Crippen LogP) is 25.9. The van der Waals surface area contributed by atoms with Crippen molar-refractivity contribution in [2.75, 3.05) is 0 Å². The van der Waals surface area contributed by atoms with Crippen molar-refractivity contribution in [3.63, 3.8) is 0 Å². The first kappa shape index (κ1) is 61.8. The molecule has 0 unspecified atom stereocenters. The molecule has 0 N–H and O–H groups in total. The van der Waals surface area contributed by atoms with Gasteiger partial charge in [-0.2, -0.15) is 0 Å². The molecule has 0 radical (unpaired) electrons. The van der Waals surface area contributed by atoms with Crippen molar-refractivity contribution in [3.05, 3.63) is 50.1 Å². The van der Waals surface area contributed by atoms with Gasteiger partial charge in [0.05, 0.1) is 0 Å². The molecule has 8 aliphatic rings. The van der Waals surface area contributed by atoms with Gasteiger partial charge in [0.15, 0.2) is 0 Å². The average molecular weight is 1010 g/mol. The molecule has 8 rings (SSSR count). The molecule has 0 nitrogen and oxygen atoms in total. The van der Waals surface area contributed by atoms with Crippen LogP contribution < -0.4 is 0 Å². The standard InChI is InChI=1S/C19H34.2C18H32.C17H30.8H2/c1-3-5-6-7-17-10-14-19(15-11-17)18-12-8-16(4-2)9-13-18;1-3-5-6-16-9-13-18(14-10-16)17-11-7-15(4-2)8-12-17;1-3-5-15-7-11-17(12-8-15)18-13-9-16(6-4-2)10-14-18;1-3-5-15-8-12-17(13-9-15)16-10-6-14(4-2)7-11-16;;;;;;;;/h4,16-19H,2-3,5-15H2,1H3;4,15-18H,2-3,5-14H2,1H3;3,5,15-18H,4,6-14H2,1-2H3;4,14-17H,2-3,5-13H2,1H3;8*1H/b;;5-3+;;;;;;;;;. The van der Waals surface area contributed by atoms with E-state index in [1.807, 2.05) is 0 Å². The number of unbranched alkanes of at least 4 members (excludes halogenated alkanes) is 3. The molecule has 0 atom stereocenters. The number of hydrogen-bond acceptors (Lipinski definition) is 0. The molecular weight excluding hydrogens is 865 g/mol. The van der Waals surface area contributed by atoms with Gasteiger partial charge < -0.3 is 0 Å². The summed E-state index contributed by atoms with van der Waals surface area (Å²) in [7, 11) is 0. The molecule has 0 aromatic rings. The minimum Gasteiger partial charge on any atom is -0.103 e. The summed E-state index contributed by atoms with van der Waals surface area (Å²) >= 11 is 0. The molecule has 0 heterocycles. The molecule has 0 bridgehead atoms. The first-order chi connectivity index (χ1) is 35.3. The van der Waals surface area contributed by atoms with Crippen molar-refractivity contribution in [3.8, 4) is 0 Å². The van der Waals surface area contributed by atoms with Gasteiger partial charge in [-0.1, -0.05) is 180 Å². The maximum Gasteiger partial charge on any atom is 0 e. The van der Waals surface area contributed by atoms with Crippen LogP contribution in [0, 0.1) is 94.7 Å². The van der Waals surface area contributed by atoms with Crippen LogP contribution in [0.2, 0.25) is 0 Å². The highest BCUT2D eigenvalue weighted by Crippen LogP contribution is 2.46. The summed E-state index contributed by atoms with van der Waals surface area (Å²) in [5.41, 5.74) is 0. The zero-order valence-corrected chi connectivity index (χ0v) is 49.7. The van der Waals surface area contributed by atoms with E-state index < -0.39 is 0 Å². The molecule has 0 spiro atoms. The summed E-state index contributed by atoms with van der Waals surface area (Å²) in [5.74, 6) is 16.3. The van der Waals surface area contributed by atoms with Crippen molar-refractivity contribution in [2.24, 2.45) is 94.7 Å². The molecule has 432 valence electrons. The third-order valence-corrected chi connectivity index (χ3v) is 22.5. The van der Waals surface area contributed by atoms with Gasteiger partial charge in [-0.25, -0.2) is 0 Å². The largest absolute Gasteiger partial charge is 0.103 e. The SMILES string of the molecule is C/C=C/C1CCC(C2CCC(CCC)CC2)CC1.C=CC1CCC(C2CCC(CCC)CC2)CC1.C=CC1CCC(C2CCC(CCCC)CC2)CC1.C=CC1CCC(C2CCC(CCCCC)CC2)CC1.[HH].[HH].[HH].[HH].[HH].[HH].[HH].[HH]. The van der Waals surface area contributed by atoms with E-state index in [-0.39, 0.29) is 11.4 Å². The van der Waals surface area contributed by atoms with Gasteiger partial charge >= 0.3 is 0 Å². The minimum absolute atomic E-state index is 0. The molecule has 0 aromatic heterocycles. The maximum atomic E-state index is 3.97. The van der Waals surface area contributed by atoms with E-state index in [9.17, 15) is 0 Å². The Bertz CT molecular complexity index is 1370. The molecule has 8 aliphatic carbocycles. The summed E-state index contributed by atoms with van der Waals surface area (Å²) in [6, 6.07) is 0. The highest BCUT2D eigenvalue weighted by molar-refractivity contribution is 4.92. The summed E-state index contributed by atoms with van der Waals surface area (Å²) in [5, 5.41) is 0. The Hall–Kier alpha value is -1.04. The van der Waals surface area contributed by atoms with Crippen LogP contribution in [0.5, 0.6) is 0 Å². The number of allylic oxidation sites excluding steroid dienone is 5. The van der Waals surface area contributed by atoms with Crippen molar-refractivity contribution < 1.29 is 11.4 Å². The Balaban J connectivity index is -0.000000466. The van der Waals surface area contributed by atoms with Crippen LogP contribution in [0.4, 0.5) is 0 Å². The maximum absolute atomic E-state index is 3.97. The lowest BCUT2D eigenvalue weighted by atomic mass is 9.68. The van der Waals surface area contributed by atoms with Crippen LogP contribution in [0.3, 0.4) is 0 Å². The molecule has 72 heavy (non-hydrogen) atoms. The highest BCUT2D eigenvalue weighted by atomic mass is 14.4. The summed E-state index contributed by atoms with van der Waals surface area (Å²) in [4.78, 5) is 0. The Morgan fingerprint density at radius 1 is 0.278 bits per heavy atom. The van der Waals surface area contributed by atoms with Gasteiger partial charge in [0, 0.05) is 11.4 Å². The van der Waals surface area contributed by atoms with Crippen molar-refractivity contribution in [1.29, 1.82) is 0 Å². The van der Waals surface area contributed by atoms with Gasteiger partial charge in [0.25, 0.3) is 0 Å². The number of hydrogen-bond donors (Lipinski definition) is 0. The molecule has 0 aromatic carbocycles. The second-order valence-corrected chi connectivity index (χ2v) is 27.3. The second-order valence-electron chi connectivity index (χ2n) is 27.3. The third-order valence-electron chi connectivity index (χ3n) is 22.5. The quantitative estimate of drug-likeness (QED) is 0.0894. The molecule has 8 fully saturated rings. The van der Waals surface area contributed by atoms with Gasteiger partial charge in [-0.3, -0.25) is 0 Å². The zero-order chi connectivity index (χ0) is 51.2. The van der Waals surface area contributed by atoms with Gasteiger partial charge in [-0.05, 0) is 256 Å². The predicted molar refractivity (Wildman–Crippen MR) is 339 cm³/mol. The lowest BCUT2D eigenvalue weighted by Gasteiger charge is -2.37. The molecule has 0 heteroatoms. The fraction of sp³-hybridized carbons (Fsp3) is 0.889. The first-order valence-electron chi connectivity index (χ1n) is 33.8. The van der Waals surface area contributed by atoms with Gasteiger partial charge in [0.2, 0.25) is 0 Å². The van der Waals surface area contributed by atoms with Crippen molar-refractivity contribution >= 4 is 0 Å². The van der Waals surface area contributed by atoms with E-state index in [0.717, 1.165) is 94.7 Å². The van der Waals surface area contributed by atoms with E-state index in [4.69, 9.17) is 0 Å². The average Bonchev–Trinajstić information content (AvgIpc) is 3.44. The van der Waals surface area contributed by atoms with Crippen LogP contribution in [0.25, 0.3) is 0 Å². The van der Waals surface area contributed by atoms with E-state index in [0.29, 0.717) is 0 Å². The molecule has 8 saturated carbocycles. The van der Waals surface area contributed by atoms with Crippen LogP contribution in [-0.4, -0.2) is 0 Å². The summed E-state index contributed by atoms with van der Waals surface area (Å²) in [6.07, 6.45) is 75.2. The fourth-order valence-corrected chi connectivity index (χ4v) is 17.4. The van der Waals surface area contributed by atoms with E-state index in [1.165, 1.54) is 250 Å². The zero-order valence-electron chi connectivity index (χ0n) is 49.7.